The lowest BCUT2D eigenvalue weighted by atomic mass is 9.87. The van der Waals surface area contributed by atoms with Crippen LogP contribution in [0.2, 0.25) is 0 Å². The number of carbonyl (C=O) groups is 1. The topological polar surface area (TPSA) is 84.3 Å². The number of nitrogens with zero attached hydrogens (tertiary/aromatic N) is 2. The van der Waals surface area contributed by atoms with E-state index in [4.69, 9.17) is 9.72 Å². The normalized spacial score (nSPS) is 14.2. The Labute approximate surface area is 182 Å². The van der Waals surface area contributed by atoms with Crippen LogP contribution in [0.4, 0.5) is 5.82 Å². The van der Waals surface area contributed by atoms with Crippen molar-refractivity contribution in [3.05, 3.63) is 54.7 Å². The van der Waals surface area contributed by atoms with E-state index >= 15 is 0 Å². The number of nitrogens with one attached hydrogen (secondary N) is 1. The molecule has 6 heteroatoms. The molecule has 1 fully saturated rings. The second-order valence-corrected chi connectivity index (χ2v) is 7.98. The minimum absolute atomic E-state index is 0.0292. The zero-order chi connectivity index (χ0) is 21.6. The van der Waals surface area contributed by atoms with Gasteiger partial charge in [0.05, 0.1) is 19.0 Å². The van der Waals surface area contributed by atoms with E-state index in [9.17, 15) is 9.90 Å². The van der Waals surface area contributed by atoms with Crippen molar-refractivity contribution in [3.8, 4) is 34.0 Å². The summed E-state index contributed by atoms with van der Waals surface area (Å²) >= 11 is 0. The number of phenols is 1. The zero-order valence-electron chi connectivity index (χ0n) is 17.7. The average molecular weight is 418 g/mol. The minimum Gasteiger partial charge on any atom is -0.508 e. The molecule has 0 saturated heterocycles. The van der Waals surface area contributed by atoms with E-state index in [0.29, 0.717) is 29.5 Å². The van der Waals surface area contributed by atoms with Gasteiger partial charge in [-0.3, -0.25) is 4.79 Å². The summed E-state index contributed by atoms with van der Waals surface area (Å²) in [5.74, 6) is 1.78. The molecule has 1 aliphatic carbocycles. The first-order valence-corrected chi connectivity index (χ1v) is 10.7. The molecule has 0 spiro atoms. The lowest BCUT2D eigenvalue weighted by Crippen LogP contribution is -2.19. The molecular weight excluding hydrogens is 390 g/mol. The minimum atomic E-state index is -0.0292. The highest BCUT2D eigenvalue weighted by Crippen LogP contribution is 2.31. The number of anilines is 1. The lowest BCUT2D eigenvalue weighted by molar-refractivity contribution is -0.117. The summed E-state index contributed by atoms with van der Waals surface area (Å²) in [4.78, 5) is 22.1. The number of ether oxygens (including phenoxy) is 1. The van der Waals surface area contributed by atoms with Crippen LogP contribution in [-0.2, 0) is 4.79 Å². The molecular formula is C25H27N3O3. The number of carbonyl (C=O) groups excluding carboxylic acids is 1. The average Bonchev–Trinajstić information content (AvgIpc) is 2.81. The molecule has 31 heavy (non-hydrogen) atoms. The quantitative estimate of drug-likeness (QED) is 0.558. The highest BCUT2D eigenvalue weighted by molar-refractivity contribution is 5.93. The van der Waals surface area contributed by atoms with Crippen molar-refractivity contribution in [2.75, 3.05) is 12.4 Å². The van der Waals surface area contributed by atoms with Crippen molar-refractivity contribution >= 4 is 11.7 Å². The molecule has 1 saturated carbocycles. The van der Waals surface area contributed by atoms with E-state index in [-0.39, 0.29) is 11.7 Å². The Morgan fingerprint density at radius 3 is 2.39 bits per heavy atom. The van der Waals surface area contributed by atoms with Crippen molar-refractivity contribution in [1.29, 1.82) is 0 Å². The maximum absolute atomic E-state index is 12.7. The second kappa shape index (κ2) is 9.60. The van der Waals surface area contributed by atoms with Crippen LogP contribution < -0.4 is 10.1 Å². The molecule has 1 heterocycles. The van der Waals surface area contributed by atoms with Crippen LogP contribution in [0.15, 0.2) is 54.7 Å². The monoisotopic (exact) mass is 417 g/mol. The van der Waals surface area contributed by atoms with Gasteiger partial charge in [0.2, 0.25) is 5.91 Å². The maximum atomic E-state index is 12.7. The van der Waals surface area contributed by atoms with Crippen LogP contribution in [0.25, 0.3) is 22.5 Å². The number of benzene rings is 2. The molecule has 0 aliphatic heterocycles. The van der Waals surface area contributed by atoms with Gasteiger partial charge in [-0.2, -0.15) is 0 Å². The van der Waals surface area contributed by atoms with Gasteiger partial charge in [-0.05, 0) is 67.3 Å². The molecule has 6 nitrogen and oxygen atoms in total. The molecule has 0 unspecified atom stereocenters. The number of hydrogen-bond acceptors (Lipinski definition) is 5. The van der Waals surface area contributed by atoms with Crippen LogP contribution in [0, 0.1) is 5.92 Å². The molecule has 1 aliphatic rings. The molecule has 160 valence electrons. The SMILES string of the molecule is COc1ccc(-c2cnc(NC(=O)CC3CCCCC3)c(-c3ccc(O)cc3)n2)cc1. The number of methoxy groups -OCH3 is 1. The van der Waals surface area contributed by atoms with Gasteiger partial charge in [-0.1, -0.05) is 19.3 Å². The highest BCUT2D eigenvalue weighted by atomic mass is 16.5. The van der Waals surface area contributed by atoms with Crippen molar-refractivity contribution in [2.24, 2.45) is 5.92 Å². The number of rotatable bonds is 6. The van der Waals surface area contributed by atoms with Crippen molar-refractivity contribution in [2.45, 2.75) is 38.5 Å². The van der Waals surface area contributed by atoms with E-state index < -0.39 is 0 Å². The number of aromatic hydroxyl groups is 1. The summed E-state index contributed by atoms with van der Waals surface area (Å²) in [5, 5.41) is 12.6. The molecule has 4 rings (SSSR count). The van der Waals surface area contributed by atoms with Gasteiger partial charge in [0.15, 0.2) is 5.82 Å². The van der Waals surface area contributed by atoms with Crippen LogP contribution >= 0.6 is 0 Å². The van der Waals surface area contributed by atoms with Gasteiger partial charge in [-0.25, -0.2) is 9.97 Å². The number of hydrogen-bond donors (Lipinski definition) is 2. The summed E-state index contributed by atoms with van der Waals surface area (Å²) in [6.07, 6.45) is 8.07. The summed E-state index contributed by atoms with van der Waals surface area (Å²) in [7, 11) is 1.63. The number of phenolic OH excluding ortho intramolecular Hbond substituents is 1. The predicted octanol–water partition coefficient (Wildman–Crippen LogP) is 5.43. The van der Waals surface area contributed by atoms with Gasteiger partial charge in [0.1, 0.15) is 17.2 Å². The van der Waals surface area contributed by atoms with Crippen molar-refractivity contribution < 1.29 is 14.6 Å². The summed E-state index contributed by atoms with van der Waals surface area (Å²) in [6.45, 7) is 0. The van der Waals surface area contributed by atoms with E-state index in [2.05, 4.69) is 10.3 Å². The summed E-state index contributed by atoms with van der Waals surface area (Å²) in [6, 6.07) is 14.3. The number of aromatic nitrogens is 2. The third-order valence-corrected chi connectivity index (χ3v) is 5.76. The summed E-state index contributed by atoms with van der Waals surface area (Å²) in [5.41, 5.74) is 2.93. The molecule has 1 aromatic heterocycles. The van der Waals surface area contributed by atoms with Crippen LogP contribution in [0.3, 0.4) is 0 Å². The van der Waals surface area contributed by atoms with Gasteiger partial charge in [0.25, 0.3) is 0 Å². The highest BCUT2D eigenvalue weighted by Gasteiger charge is 2.19. The number of amides is 1. The fourth-order valence-electron chi connectivity index (χ4n) is 4.04. The third kappa shape index (κ3) is 5.20. The Kier molecular flexibility index (Phi) is 6.46. The lowest BCUT2D eigenvalue weighted by Gasteiger charge is -2.21. The van der Waals surface area contributed by atoms with Crippen molar-refractivity contribution in [1.82, 2.24) is 9.97 Å². The first-order chi connectivity index (χ1) is 15.1. The van der Waals surface area contributed by atoms with Gasteiger partial charge < -0.3 is 15.2 Å². The molecule has 2 aromatic carbocycles. The Balaban J connectivity index is 1.63. The van der Waals surface area contributed by atoms with Crippen LogP contribution in [-0.4, -0.2) is 28.1 Å². The Morgan fingerprint density at radius 2 is 1.71 bits per heavy atom. The fraction of sp³-hybridized carbons (Fsp3) is 0.320. The predicted molar refractivity (Wildman–Crippen MR) is 121 cm³/mol. The van der Waals surface area contributed by atoms with Gasteiger partial charge >= 0.3 is 0 Å². The fourth-order valence-corrected chi connectivity index (χ4v) is 4.04. The first kappa shape index (κ1) is 20.8. The summed E-state index contributed by atoms with van der Waals surface area (Å²) < 4.78 is 5.23. The maximum Gasteiger partial charge on any atom is 0.225 e. The first-order valence-electron chi connectivity index (χ1n) is 10.7. The largest absolute Gasteiger partial charge is 0.508 e. The molecule has 2 N–H and O–H groups in total. The molecule has 0 radical (unpaired) electrons. The Bertz CT molecular complexity index is 1030. The van der Waals surface area contributed by atoms with Crippen molar-refractivity contribution in [3.63, 3.8) is 0 Å². The van der Waals surface area contributed by atoms with Crippen LogP contribution in [0.1, 0.15) is 38.5 Å². The molecule has 0 bridgehead atoms. The van der Waals surface area contributed by atoms with E-state index in [1.165, 1.54) is 19.3 Å². The standard InChI is InChI=1S/C25H27N3O3/c1-31-21-13-9-18(10-14-21)22-16-26-25(24(27-22)19-7-11-20(29)12-8-19)28-23(30)15-17-5-3-2-4-6-17/h7-14,16-17,29H,2-6,15H2,1H3,(H,26,28,30). The van der Waals surface area contributed by atoms with Gasteiger partial charge in [-0.15, -0.1) is 0 Å². The molecule has 1 amide bonds. The molecule has 0 atom stereocenters. The van der Waals surface area contributed by atoms with E-state index in [1.54, 1.807) is 37.6 Å². The van der Waals surface area contributed by atoms with E-state index in [0.717, 1.165) is 29.7 Å². The van der Waals surface area contributed by atoms with Gasteiger partial charge in [0, 0.05) is 17.5 Å². The smallest absolute Gasteiger partial charge is 0.225 e. The third-order valence-electron chi connectivity index (χ3n) is 5.76. The Hall–Kier alpha value is -3.41. The van der Waals surface area contributed by atoms with Crippen LogP contribution in [0.5, 0.6) is 11.5 Å². The molecule has 3 aromatic rings. The second-order valence-electron chi connectivity index (χ2n) is 7.98. The van der Waals surface area contributed by atoms with E-state index in [1.807, 2.05) is 24.3 Å². The zero-order valence-corrected chi connectivity index (χ0v) is 17.7. The Morgan fingerprint density at radius 1 is 1.03 bits per heavy atom.